The zero-order valence-electron chi connectivity index (χ0n) is 25.2. The number of thiazole rings is 1. The SMILES string of the molecule is Cc1cc(/C=N\NC(=O)c2ccc(-c3csc(Nc4ccc(Cl)cc4)n3)cc2)c(C)n1-c1ccc(Sc2ccc([N+](=O)[O-])cc2)cc1. The Morgan fingerprint density at radius 2 is 1.62 bits per heavy atom. The summed E-state index contributed by atoms with van der Waals surface area (Å²) in [6, 6.07) is 31.3. The lowest BCUT2D eigenvalue weighted by Gasteiger charge is -2.10. The molecule has 1 amide bonds. The average molecular weight is 679 g/mol. The van der Waals surface area contributed by atoms with Crippen LogP contribution in [0.5, 0.6) is 0 Å². The smallest absolute Gasteiger partial charge is 0.271 e. The molecule has 0 spiro atoms. The maximum absolute atomic E-state index is 12.8. The van der Waals surface area contributed by atoms with Crippen LogP contribution >= 0.6 is 34.7 Å². The van der Waals surface area contributed by atoms with Gasteiger partial charge < -0.3 is 9.88 Å². The van der Waals surface area contributed by atoms with E-state index >= 15 is 0 Å². The van der Waals surface area contributed by atoms with Crippen molar-refractivity contribution in [1.29, 1.82) is 0 Å². The average Bonchev–Trinajstić information content (AvgIpc) is 3.66. The zero-order valence-corrected chi connectivity index (χ0v) is 27.6. The normalized spacial score (nSPS) is 11.1. The van der Waals surface area contributed by atoms with E-state index in [1.165, 1.54) is 35.2 Å². The van der Waals surface area contributed by atoms with Crippen molar-refractivity contribution >= 4 is 63.3 Å². The predicted molar refractivity (Wildman–Crippen MR) is 190 cm³/mol. The van der Waals surface area contributed by atoms with Gasteiger partial charge in [0.2, 0.25) is 0 Å². The topological polar surface area (TPSA) is 114 Å². The fourth-order valence-electron chi connectivity index (χ4n) is 4.89. The summed E-state index contributed by atoms with van der Waals surface area (Å²) < 4.78 is 2.12. The first-order valence-electron chi connectivity index (χ1n) is 14.4. The van der Waals surface area contributed by atoms with Crippen LogP contribution in [0.15, 0.2) is 123 Å². The molecular weight excluding hydrogens is 652 g/mol. The molecule has 0 unspecified atom stereocenters. The second-order valence-electron chi connectivity index (χ2n) is 10.5. The van der Waals surface area contributed by atoms with Crippen LogP contribution in [0, 0.1) is 24.0 Å². The molecule has 2 N–H and O–H groups in total. The van der Waals surface area contributed by atoms with E-state index < -0.39 is 4.92 Å². The number of anilines is 2. The maximum atomic E-state index is 12.8. The van der Waals surface area contributed by atoms with E-state index in [1.54, 1.807) is 30.5 Å². The number of non-ortho nitro benzene ring substituents is 1. The quantitative estimate of drug-likeness (QED) is 0.0847. The molecule has 2 aromatic heterocycles. The van der Waals surface area contributed by atoms with Crippen molar-refractivity contribution in [2.24, 2.45) is 5.10 Å². The van der Waals surface area contributed by atoms with Gasteiger partial charge in [-0.25, -0.2) is 10.4 Å². The molecule has 0 aliphatic rings. The molecule has 0 radical (unpaired) electrons. The van der Waals surface area contributed by atoms with Crippen LogP contribution in [-0.4, -0.2) is 26.6 Å². The van der Waals surface area contributed by atoms with E-state index in [0.29, 0.717) is 10.6 Å². The Bertz CT molecular complexity index is 2070. The van der Waals surface area contributed by atoms with Gasteiger partial charge >= 0.3 is 0 Å². The molecular formula is C35H27ClN6O3S2. The Hall–Kier alpha value is -5.23. The predicted octanol–water partition coefficient (Wildman–Crippen LogP) is 9.44. The zero-order chi connectivity index (χ0) is 32.9. The fraction of sp³-hybridized carbons (Fsp3) is 0.0571. The largest absolute Gasteiger partial charge is 0.332 e. The third kappa shape index (κ3) is 7.60. The van der Waals surface area contributed by atoms with Gasteiger partial charge in [0.15, 0.2) is 5.13 Å². The maximum Gasteiger partial charge on any atom is 0.271 e. The van der Waals surface area contributed by atoms with Gasteiger partial charge in [-0.05, 0) is 92.7 Å². The highest BCUT2D eigenvalue weighted by molar-refractivity contribution is 7.99. The van der Waals surface area contributed by atoms with Gasteiger partial charge in [-0.15, -0.1) is 11.3 Å². The molecule has 4 aromatic carbocycles. The van der Waals surface area contributed by atoms with Crippen molar-refractivity contribution in [2.75, 3.05) is 5.32 Å². The van der Waals surface area contributed by atoms with E-state index in [1.807, 2.05) is 86.0 Å². The number of halogens is 1. The summed E-state index contributed by atoms with van der Waals surface area (Å²) >= 11 is 8.99. The summed E-state index contributed by atoms with van der Waals surface area (Å²) in [5.74, 6) is -0.314. The van der Waals surface area contributed by atoms with Gasteiger partial charge in [-0.1, -0.05) is 35.5 Å². The van der Waals surface area contributed by atoms with Gasteiger partial charge in [-0.2, -0.15) is 5.10 Å². The van der Waals surface area contributed by atoms with Crippen LogP contribution in [0.25, 0.3) is 16.9 Å². The first-order valence-corrected chi connectivity index (χ1v) is 16.4. The number of nitro groups is 1. The number of hydrogen-bond acceptors (Lipinski definition) is 8. The van der Waals surface area contributed by atoms with Gasteiger partial charge in [-0.3, -0.25) is 14.9 Å². The van der Waals surface area contributed by atoms with E-state index in [4.69, 9.17) is 11.6 Å². The molecule has 2 heterocycles. The summed E-state index contributed by atoms with van der Waals surface area (Å²) in [5, 5.41) is 21.8. The van der Waals surface area contributed by atoms with Gasteiger partial charge in [0, 0.05) is 71.8 Å². The lowest BCUT2D eigenvalue weighted by Crippen LogP contribution is -2.17. The molecule has 0 aliphatic heterocycles. The number of aryl methyl sites for hydroxylation is 1. The highest BCUT2D eigenvalue weighted by Gasteiger charge is 2.12. The lowest BCUT2D eigenvalue weighted by atomic mass is 10.1. The number of carbonyl (C=O) groups is 1. The van der Waals surface area contributed by atoms with Crippen molar-refractivity contribution in [2.45, 2.75) is 23.6 Å². The summed E-state index contributed by atoms with van der Waals surface area (Å²) in [7, 11) is 0. The molecule has 234 valence electrons. The molecule has 0 aliphatic carbocycles. The van der Waals surface area contributed by atoms with Crippen LogP contribution in [0.4, 0.5) is 16.5 Å². The second-order valence-corrected chi connectivity index (χ2v) is 12.9. The van der Waals surface area contributed by atoms with Crippen molar-refractivity contribution < 1.29 is 9.72 Å². The Kier molecular flexibility index (Phi) is 9.48. The van der Waals surface area contributed by atoms with Crippen molar-refractivity contribution in [3.05, 3.63) is 146 Å². The number of nitrogens with one attached hydrogen (secondary N) is 2. The molecule has 0 atom stereocenters. The molecule has 0 saturated heterocycles. The van der Waals surface area contributed by atoms with Crippen LogP contribution in [0.1, 0.15) is 27.3 Å². The number of carbonyl (C=O) groups excluding carboxylic acids is 1. The van der Waals surface area contributed by atoms with E-state index in [9.17, 15) is 14.9 Å². The standard InChI is InChI=1S/C35H27ClN6O3S2/c1-22-19-26(23(2)41(22)29-11-15-31(16-12-29)47-32-17-13-30(14-18-32)42(44)45)20-37-40-34(43)25-5-3-24(4-6-25)33-21-46-35(39-33)38-28-9-7-27(36)8-10-28/h3-21H,1-2H3,(H,38,39)(H,40,43)/b37-20-. The highest BCUT2D eigenvalue weighted by Crippen LogP contribution is 2.31. The minimum absolute atomic E-state index is 0.0716. The molecule has 12 heteroatoms. The minimum atomic E-state index is -0.403. The fourth-order valence-corrected chi connectivity index (χ4v) is 6.57. The number of amides is 1. The van der Waals surface area contributed by atoms with E-state index in [0.717, 1.165) is 54.5 Å². The first kappa shape index (κ1) is 31.7. The first-order chi connectivity index (χ1) is 22.7. The molecule has 6 aromatic rings. The van der Waals surface area contributed by atoms with Crippen LogP contribution < -0.4 is 10.7 Å². The molecule has 9 nitrogen and oxygen atoms in total. The Labute approximate surface area is 284 Å². The number of hydrazone groups is 1. The Morgan fingerprint density at radius 3 is 2.28 bits per heavy atom. The highest BCUT2D eigenvalue weighted by atomic mass is 35.5. The Balaban J connectivity index is 1.06. The number of rotatable bonds is 10. The number of hydrogen-bond donors (Lipinski definition) is 2. The molecule has 0 fully saturated rings. The van der Waals surface area contributed by atoms with Crippen molar-refractivity contribution in [1.82, 2.24) is 15.0 Å². The van der Waals surface area contributed by atoms with Gasteiger partial charge in [0.1, 0.15) is 0 Å². The summed E-state index contributed by atoms with van der Waals surface area (Å²) in [6.45, 7) is 4.02. The number of nitro benzene ring substituents is 1. The molecule has 0 saturated carbocycles. The number of nitrogens with zero attached hydrogens (tertiary/aromatic N) is 4. The Morgan fingerprint density at radius 1 is 0.957 bits per heavy atom. The molecule has 47 heavy (non-hydrogen) atoms. The van der Waals surface area contributed by atoms with E-state index in [2.05, 4.69) is 25.4 Å². The van der Waals surface area contributed by atoms with Crippen LogP contribution in [0.3, 0.4) is 0 Å². The molecule has 0 bridgehead atoms. The number of aromatic nitrogens is 2. The van der Waals surface area contributed by atoms with Crippen LogP contribution in [-0.2, 0) is 0 Å². The van der Waals surface area contributed by atoms with Gasteiger partial charge in [0.25, 0.3) is 11.6 Å². The van der Waals surface area contributed by atoms with Gasteiger partial charge in [0.05, 0.1) is 16.8 Å². The second kappa shape index (κ2) is 14.0. The lowest BCUT2D eigenvalue weighted by molar-refractivity contribution is -0.384. The van der Waals surface area contributed by atoms with Crippen molar-refractivity contribution in [3.63, 3.8) is 0 Å². The minimum Gasteiger partial charge on any atom is -0.332 e. The van der Waals surface area contributed by atoms with Crippen LogP contribution in [0.2, 0.25) is 5.02 Å². The third-order valence-electron chi connectivity index (χ3n) is 7.26. The van der Waals surface area contributed by atoms with E-state index in [-0.39, 0.29) is 11.6 Å². The summed E-state index contributed by atoms with van der Waals surface area (Å²) in [4.78, 5) is 29.9. The number of benzene rings is 4. The summed E-state index contributed by atoms with van der Waals surface area (Å²) in [6.07, 6.45) is 1.65. The summed E-state index contributed by atoms with van der Waals surface area (Å²) in [5.41, 5.74) is 9.67. The molecule has 6 rings (SSSR count). The van der Waals surface area contributed by atoms with Crippen molar-refractivity contribution in [3.8, 4) is 16.9 Å². The monoisotopic (exact) mass is 678 g/mol. The third-order valence-corrected chi connectivity index (χ3v) is 9.29.